The summed E-state index contributed by atoms with van der Waals surface area (Å²) in [7, 11) is 0. The monoisotopic (exact) mass is 364 g/mol. The van der Waals surface area contributed by atoms with Gasteiger partial charge in [-0.25, -0.2) is 0 Å². The maximum atomic E-state index is 8.82. The number of pyridine rings is 1. The molecule has 0 amide bonds. The number of hydrogen-bond acceptors (Lipinski definition) is 2. The average Bonchev–Trinajstić information content (AvgIpc) is 2.41. The summed E-state index contributed by atoms with van der Waals surface area (Å²) in [5, 5.41) is 10.3. The van der Waals surface area contributed by atoms with Crippen molar-refractivity contribution >= 4 is 58.0 Å². The van der Waals surface area contributed by atoms with Crippen LogP contribution in [0.3, 0.4) is 0 Å². The van der Waals surface area contributed by atoms with E-state index in [0.29, 0.717) is 31.9 Å². The quantitative estimate of drug-likeness (QED) is 0.604. The van der Waals surface area contributed by atoms with Crippen LogP contribution in [0.2, 0.25) is 25.1 Å². The van der Waals surface area contributed by atoms with Crippen LogP contribution in [0.15, 0.2) is 18.3 Å². The number of nitrogens with zero attached hydrogens (tertiary/aromatic N) is 2. The molecular formula is C13H5Cl5N2. The Kier molecular flexibility index (Phi) is 5.01. The van der Waals surface area contributed by atoms with E-state index in [1.807, 2.05) is 6.07 Å². The van der Waals surface area contributed by atoms with Crippen LogP contribution in [0.25, 0.3) is 11.3 Å². The summed E-state index contributed by atoms with van der Waals surface area (Å²) in [6, 6.07) is 5.17. The molecule has 1 heterocycles. The van der Waals surface area contributed by atoms with Gasteiger partial charge in [0.05, 0.1) is 43.3 Å². The number of rotatable bonds is 2. The van der Waals surface area contributed by atoms with Crippen molar-refractivity contribution in [3.05, 3.63) is 49.0 Å². The Morgan fingerprint density at radius 3 is 2.25 bits per heavy atom. The highest BCUT2D eigenvalue weighted by Gasteiger charge is 2.19. The molecule has 2 aromatic rings. The molecule has 0 radical (unpaired) electrons. The maximum Gasteiger partial charge on any atom is 0.0923 e. The molecular weight excluding hydrogens is 361 g/mol. The Balaban J connectivity index is 2.75. The van der Waals surface area contributed by atoms with Gasteiger partial charge in [0.1, 0.15) is 0 Å². The largest absolute Gasteiger partial charge is 0.253 e. The lowest BCUT2D eigenvalue weighted by atomic mass is 10.1. The summed E-state index contributed by atoms with van der Waals surface area (Å²) in [5.74, 6) is 0. The molecule has 102 valence electrons. The number of halogens is 5. The van der Waals surface area contributed by atoms with E-state index in [-0.39, 0.29) is 16.5 Å². The fourth-order valence-electron chi connectivity index (χ4n) is 1.66. The third kappa shape index (κ3) is 2.83. The highest BCUT2D eigenvalue weighted by atomic mass is 35.5. The Morgan fingerprint density at radius 1 is 0.950 bits per heavy atom. The van der Waals surface area contributed by atoms with Gasteiger partial charge < -0.3 is 0 Å². The van der Waals surface area contributed by atoms with Crippen LogP contribution >= 0.6 is 58.0 Å². The van der Waals surface area contributed by atoms with E-state index in [1.165, 1.54) is 6.20 Å². The van der Waals surface area contributed by atoms with Crippen molar-refractivity contribution in [1.29, 1.82) is 5.26 Å². The van der Waals surface area contributed by atoms with Crippen molar-refractivity contribution in [3.8, 4) is 17.3 Å². The summed E-state index contributed by atoms with van der Waals surface area (Å²) in [6.07, 6.45) is 1.46. The lowest BCUT2D eigenvalue weighted by molar-refractivity contribution is 1.21. The predicted molar refractivity (Wildman–Crippen MR) is 84.0 cm³/mol. The molecule has 1 aromatic carbocycles. The number of nitriles is 1. The second-order valence-corrected chi connectivity index (χ2v) is 5.78. The minimum absolute atomic E-state index is 0.0585. The molecule has 0 aliphatic rings. The summed E-state index contributed by atoms with van der Waals surface area (Å²) >= 11 is 30.5. The van der Waals surface area contributed by atoms with Gasteiger partial charge in [0.15, 0.2) is 0 Å². The first-order valence-corrected chi connectivity index (χ1v) is 7.20. The first-order valence-electron chi connectivity index (χ1n) is 5.31. The van der Waals surface area contributed by atoms with Gasteiger partial charge in [-0.1, -0.05) is 58.0 Å². The van der Waals surface area contributed by atoms with Crippen LogP contribution in [0.1, 0.15) is 5.56 Å². The Hall–Kier alpha value is -0.690. The van der Waals surface area contributed by atoms with Gasteiger partial charge in [0.25, 0.3) is 0 Å². The normalized spacial score (nSPS) is 10.4. The lowest BCUT2D eigenvalue weighted by Gasteiger charge is -2.12. The summed E-state index contributed by atoms with van der Waals surface area (Å²) in [5.41, 5.74) is 1.24. The number of hydrogen-bond donors (Lipinski definition) is 0. The second kappa shape index (κ2) is 6.39. The van der Waals surface area contributed by atoms with Crippen LogP contribution < -0.4 is 0 Å². The Bertz CT molecular complexity index is 722. The molecule has 0 saturated heterocycles. The van der Waals surface area contributed by atoms with Crippen molar-refractivity contribution in [2.24, 2.45) is 0 Å². The molecule has 7 heteroatoms. The fraction of sp³-hybridized carbons (Fsp3) is 0.0769. The van der Waals surface area contributed by atoms with Crippen molar-refractivity contribution in [3.63, 3.8) is 0 Å². The van der Waals surface area contributed by atoms with E-state index in [9.17, 15) is 0 Å². The molecule has 0 aliphatic heterocycles. The van der Waals surface area contributed by atoms with Gasteiger partial charge in [-0.05, 0) is 12.1 Å². The van der Waals surface area contributed by atoms with Crippen molar-refractivity contribution < 1.29 is 0 Å². The van der Waals surface area contributed by atoms with Gasteiger partial charge in [0, 0.05) is 17.3 Å². The molecule has 0 spiro atoms. The van der Waals surface area contributed by atoms with Gasteiger partial charge in [-0.2, -0.15) is 5.26 Å². The lowest BCUT2D eigenvalue weighted by Crippen LogP contribution is -1.94. The first kappa shape index (κ1) is 15.7. The van der Waals surface area contributed by atoms with E-state index < -0.39 is 0 Å². The SMILES string of the molecule is N#CCc1c(Cl)cnc(-c2c(Cl)ccc(Cl)c2Cl)c1Cl. The van der Waals surface area contributed by atoms with E-state index >= 15 is 0 Å². The average molecular weight is 366 g/mol. The van der Waals surface area contributed by atoms with E-state index in [2.05, 4.69) is 4.98 Å². The minimum Gasteiger partial charge on any atom is -0.253 e. The molecule has 0 saturated carbocycles. The van der Waals surface area contributed by atoms with E-state index in [4.69, 9.17) is 63.3 Å². The van der Waals surface area contributed by atoms with Gasteiger partial charge >= 0.3 is 0 Å². The van der Waals surface area contributed by atoms with Crippen LogP contribution in [-0.2, 0) is 6.42 Å². The first-order chi connectivity index (χ1) is 9.47. The number of benzene rings is 1. The van der Waals surface area contributed by atoms with Crippen LogP contribution in [0.4, 0.5) is 0 Å². The molecule has 2 nitrogen and oxygen atoms in total. The Labute approximate surface area is 140 Å². The third-order valence-corrected chi connectivity index (χ3v) is 4.46. The molecule has 0 fully saturated rings. The zero-order chi connectivity index (χ0) is 14.9. The van der Waals surface area contributed by atoms with Crippen molar-refractivity contribution in [1.82, 2.24) is 4.98 Å². The molecule has 0 aliphatic carbocycles. The zero-order valence-corrected chi connectivity index (χ0v) is 13.5. The summed E-state index contributed by atoms with van der Waals surface area (Å²) in [4.78, 5) is 4.15. The molecule has 20 heavy (non-hydrogen) atoms. The fourth-order valence-corrected chi connectivity index (χ4v) is 2.94. The smallest absolute Gasteiger partial charge is 0.0923 e. The molecule has 2 rings (SSSR count). The van der Waals surface area contributed by atoms with Gasteiger partial charge in [-0.3, -0.25) is 4.98 Å². The third-order valence-electron chi connectivity index (χ3n) is 2.60. The Morgan fingerprint density at radius 2 is 1.60 bits per heavy atom. The topological polar surface area (TPSA) is 36.7 Å². The van der Waals surface area contributed by atoms with Gasteiger partial charge in [-0.15, -0.1) is 0 Å². The van der Waals surface area contributed by atoms with Crippen molar-refractivity contribution in [2.75, 3.05) is 0 Å². The molecule has 0 unspecified atom stereocenters. The van der Waals surface area contributed by atoms with Gasteiger partial charge in [0.2, 0.25) is 0 Å². The van der Waals surface area contributed by atoms with Crippen molar-refractivity contribution in [2.45, 2.75) is 6.42 Å². The molecule has 0 N–H and O–H groups in total. The summed E-state index contributed by atoms with van der Waals surface area (Å²) < 4.78 is 0. The van der Waals surface area contributed by atoms with Crippen LogP contribution in [0, 0.1) is 11.3 Å². The predicted octanol–water partition coefficient (Wildman–Crippen LogP) is 6.08. The zero-order valence-electron chi connectivity index (χ0n) is 9.72. The standard InChI is InChI=1S/C13H5Cl5N2/c14-7-1-2-8(15)12(18)10(7)13-11(17)6(3-4-19)9(16)5-20-13/h1-2,5H,3H2. The highest BCUT2D eigenvalue weighted by Crippen LogP contribution is 2.42. The highest BCUT2D eigenvalue weighted by molar-refractivity contribution is 6.47. The molecule has 1 aromatic heterocycles. The van der Waals surface area contributed by atoms with E-state index in [0.717, 1.165) is 0 Å². The van der Waals surface area contributed by atoms with E-state index in [1.54, 1.807) is 12.1 Å². The second-order valence-electron chi connectivity index (χ2n) is 3.80. The summed E-state index contributed by atoms with van der Waals surface area (Å²) in [6.45, 7) is 0. The minimum atomic E-state index is 0.0585. The molecule has 0 bridgehead atoms. The number of aromatic nitrogens is 1. The maximum absolute atomic E-state index is 8.82. The van der Waals surface area contributed by atoms with Crippen LogP contribution in [0.5, 0.6) is 0 Å². The van der Waals surface area contributed by atoms with Crippen LogP contribution in [-0.4, -0.2) is 4.98 Å². The molecule has 0 atom stereocenters.